The summed E-state index contributed by atoms with van der Waals surface area (Å²) in [7, 11) is 1.43. The molecule has 0 atom stereocenters. The summed E-state index contributed by atoms with van der Waals surface area (Å²) in [6.45, 7) is 0.230. The molecule has 10 heteroatoms. The number of hydrogen-bond acceptors (Lipinski definition) is 7. The number of rotatable bonds is 9. The van der Waals surface area contributed by atoms with Crippen molar-refractivity contribution in [1.82, 2.24) is 10.7 Å². The zero-order chi connectivity index (χ0) is 21.2. The van der Waals surface area contributed by atoms with E-state index in [2.05, 4.69) is 15.8 Å². The number of carbonyl (C=O) groups excluding carboxylic acids is 2. The van der Waals surface area contributed by atoms with Gasteiger partial charge in [0, 0.05) is 30.7 Å². The fourth-order valence-corrected chi connectivity index (χ4v) is 2.32. The molecule has 0 saturated carbocycles. The fraction of sp³-hybridized carbons (Fsp3) is 0.211. The average Bonchev–Trinajstić information content (AvgIpc) is 2.72. The molecule has 0 radical (unpaired) electrons. The predicted molar refractivity (Wildman–Crippen MR) is 105 cm³/mol. The van der Waals surface area contributed by atoms with E-state index >= 15 is 0 Å². The van der Waals surface area contributed by atoms with E-state index in [1.807, 2.05) is 0 Å². The molecule has 29 heavy (non-hydrogen) atoms. The quantitative estimate of drug-likeness (QED) is 0.254. The minimum absolute atomic E-state index is 0.000778. The van der Waals surface area contributed by atoms with E-state index in [0.717, 1.165) is 0 Å². The second-order valence-corrected chi connectivity index (χ2v) is 5.89. The van der Waals surface area contributed by atoms with E-state index in [9.17, 15) is 24.8 Å². The van der Waals surface area contributed by atoms with E-state index in [-0.39, 0.29) is 35.9 Å². The highest BCUT2D eigenvalue weighted by molar-refractivity contribution is 5.94. The lowest BCUT2D eigenvalue weighted by Gasteiger charge is -2.05. The van der Waals surface area contributed by atoms with E-state index in [1.165, 1.54) is 43.7 Å². The third-order valence-electron chi connectivity index (χ3n) is 3.79. The van der Waals surface area contributed by atoms with Crippen molar-refractivity contribution in [1.29, 1.82) is 0 Å². The number of nitrogens with zero attached hydrogens (tertiary/aromatic N) is 2. The van der Waals surface area contributed by atoms with Crippen LogP contribution in [0.4, 0.5) is 5.69 Å². The number of nitrogens with one attached hydrogen (secondary N) is 2. The van der Waals surface area contributed by atoms with Crippen LogP contribution in [-0.4, -0.2) is 41.7 Å². The van der Waals surface area contributed by atoms with Crippen LogP contribution in [-0.2, 0) is 4.79 Å². The van der Waals surface area contributed by atoms with Gasteiger partial charge in [-0.2, -0.15) is 5.10 Å². The molecular formula is C19H20N4O6. The molecule has 0 aliphatic rings. The third-order valence-corrected chi connectivity index (χ3v) is 3.79. The number of carbonyl (C=O) groups is 2. The maximum atomic E-state index is 12.0. The van der Waals surface area contributed by atoms with Crippen molar-refractivity contribution in [3.05, 3.63) is 63.7 Å². The fourth-order valence-electron chi connectivity index (χ4n) is 2.32. The number of nitro benzene ring substituents is 1. The highest BCUT2D eigenvalue weighted by Gasteiger charge is 2.11. The van der Waals surface area contributed by atoms with Crippen LogP contribution in [0.25, 0.3) is 0 Å². The van der Waals surface area contributed by atoms with Crippen molar-refractivity contribution in [3.63, 3.8) is 0 Å². The summed E-state index contributed by atoms with van der Waals surface area (Å²) in [6.07, 6.45) is 1.91. The van der Waals surface area contributed by atoms with Gasteiger partial charge in [-0.15, -0.1) is 0 Å². The molecule has 2 rings (SSSR count). The summed E-state index contributed by atoms with van der Waals surface area (Å²) < 4.78 is 4.98. The number of benzene rings is 2. The van der Waals surface area contributed by atoms with E-state index in [4.69, 9.17) is 4.74 Å². The molecule has 3 N–H and O–H groups in total. The molecule has 2 amide bonds. The van der Waals surface area contributed by atoms with Crippen LogP contribution in [0.3, 0.4) is 0 Å². The molecule has 0 aromatic heterocycles. The molecule has 152 valence electrons. The molecule has 2 aromatic carbocycles. The lowest BCUT2D eigenvalue weighted by molar-refractivity contribution is -0.384. The van der Waals surface area contributed by atoms with Gasteiger partial charge in [-0.1, -0.05) is 6.07 Å². The summed E-state index contributed by atoms with van der Waals surface area (Å²) >= 11 is 0. The van der Waals surface area contributed by atoms with Gasteiger partial charge in [-0.25, -0.2) is 5.43 Å². The number of methoxy groups -OCH3 is 1. The minimum atomic E-state index is -0.574. The second-order valence-electron chi connectivity index (χ2n) is 5.89. The molecular weight excluding hydrogens is 380 g/mol. The summed E-state index contributed by atoms with van der Waals surface area (Å²) in [5.74, 6) is -0.495. The predicted octanol–water partition coefficient (Wildman–Crippen LogP) is 1.97. The van der Waals surface area contributed by atoms with Crippen molar-refractivity contribution in [2.75, 3.05) is 13.7 Å². The third kappa shape index (κ3) is 6.61. The number of aromatic hydroxyl groups is 1. The summed E-state index contributed by atoms with van der Waals surface area (Å²) in [6, 6.07) is 10.0. The number of hydrazone groups is 1. The Morgan fingerprint density at radius 3 is 2.79 bits per heavy atom. The van der Waals surface area contributed by atoms with E-state index in [1.54, 1.807) is 12.1 Å². The summed E-state index contributed by atoms with van der Waals surface area (Å²) in [5, 5.41) is 26.7. The summed E-state index contributed by atoms with van der Waals surface area (Å²) in [5.41, 5.74) is 3.00. The molecule has 0 aliphatic carbocycles. The maximum absolute atomic E-state index is 12.0. The van der Waals surface area contributed by atoms with Crippen molar-refractivity contribution >= 4 is 23.7 Å². The molecule has 0 unspecified atom stereocenters. The first-order valence-electron chi connectivity index (χ1n) is 8.62. The van der Waals surface area contributed by atoms with Crippen LogP contribution >= 0.6 is 0 Å². The van der Waals surface area contributed by atoms with E-state index < -0.39 is 10.8 Å². The number of ether oxygens (including phenoxy) is 1. The Hall–Kier alpha value is -3.95. The number of phenols is 1. The van der Waals surface area contributed by atoms with Crippen molar-refractivity contribution in [2.45, 2.75) is 12.8 Å². The highest BCUT2D eigenvalue weighted by Crippen LogP contribution is 2.25. The lowest BCUT2D eigenvalue weighted by atomic mass is 10.2. The molecule has 10 nitrogen and oxygen atoms in total. The van der Waals surface area contributed by atoms with Gasteiger partial charge >= 0.3 is 0 Å². The topological polar surface area (TPSA) is 143 Å². The van der Waals surface area contributed by atoms with Crippen molar-refractivity contribution < 1.29 is 24.4 Å². The molecule has 2 aromatic rings. The maximum Gasteiger partial charge on any atom is 0.270 e. The van der Waals surface area contributed by atoms with Crippen LogP contribution in [0, 0.1) is 10.1 Å². The van der Waals surface area contributed by atoms with Crippen LogP contribution in [0.2, 0.25) is 0 Å². The van der Waals surface area contributed by atoms with Crippen LogP contribution < -0.4 is 15.5 Å². The monoisotopic (exact) mass is 400 g/mol. The largest absolute Gasteiger partial charge is 0.504 e. The number of phenolic OH excluding ortho intramolecular Hbond substituents is 1. The zero-order valence-electron chi connectivity index (χ0n) is 15.6. The van der Waals surface area contributed by atoms with Gasteiger partial charge in [0.25, 0.3) is 11.6 Å². The van der Waals surface area contributed by atoms with Gasteiger partial charge in [0.15, 0.2) is 11.5 Å². The normalized spacial score (nSPS) is 10.5. The second kappa shape index (κ2) is 10.4. The Morgan fingerprint density at radius 2 is 2.07 bits per heavy atom. The van der Waals surface area contributed by atoms with Crippen molar-refractivity contribution in [2.24, 2.45) is 5.10 Å². The van der Waals surface area contributed by atoms with Gasteiger partial charge in [-0.3, -0.25) is 19.7 Å². The standard InChI is InChI=1S/C19H20N4O6/c1-29-17-10-13(7-8-16(17)24)12-21-22-18(25)6-3-9-20-19(26)14-4-2-5-15(11-14)23(27)28/h2,4-5,7-8,10-12,24H,3,6,9H2,1H3,(H,20,26)(H,22,25)/b21-12+. The Bertz CT molecular complexity index is 929. The first kappa shape index (κ1) is 21.4. The van der Waals surface area contributed by atoms with Crippen LogP contribution in [0.1, 0.15) is 28.8 Å². The number of nitro groups is 1. The molecule has 0 bridgehead atoms. The van der Waals surface area contributed by atoms with Gasteiger partial charge < -0.3 is 15.2 Å². The molecule has 0 saturated heterocycles. The van der Waals surface area contributed by atoms with Crippen LogP contribution in [0.5, 0.6) is 11.5 Å². The highest BCUT2D eigenvalue weighted by atomic mass is 16.6. The van der Waals surface area contributed by atoms with Gasteiger partial charge in [-0.05, 0) is 36.2 Å². The Balaban J connectivity index is 1.72. The Kier molecular flexibility index (Phi) is 7.66. The lowest BCUT2D eigenvalue weighted by Crippen LogP contribution is -2.26. The first-order chi connectivity index (χ1) is 13.9. The molecule has 0 fully saturated rings. The van der Waals surface area contributed by atoms with E-state index in [0.29, 0.717) is 17.7 Å². The summed E-state index contributed by atoms with van der Waals surface area (Å²) in [4.78, 5) is 33.9. The first-order valence-corrected chi connectivity index (χ1v) is 8.62. The Labute approximate surface area is 166 Å². The molecule has 0 heterocycles. The number of amides is 2. The van der Waals surface area contributed by atoms with Gasteiger partial charge in [0.05, 0.1) is 18.2 Å². The number of hydrogen-bond donors (Lipinski definition) is 3. The smallest absolute Gasteiger partial charge is 0.270 e. The minimum Gasteiger partial charge on any atom is -0.504 e. The van der Waals surface area contributed by atoms with Crippen molar-refractivity contribution in [3.8, 4) is 11.5 Å². The van der Waals surface area contributed by atoms with Gasteiger partial charge in [0.1, 0.15) is 0 Å². The molecule has 0 aliphatic heterocycles. The Morgan fingerprint density at radius 1 is 1.28 bits per heavy atom. The van der Waals surface area contributed by atoms with Gasteiger partial charge in [0.2, 0.25) is 5.91 Å². The van der Waals surface area contributed by atoms with Crippen LogP contribution in [0.15, 0.2) is 47.6 Å². The SMILES string of the molecule is COc1cc(/C=N/NC(=O)CCCNC(=O)c2cccc([N+](=O)[O-])c2)ccc1O. The molecule has 0 spiro atoms. The number of non-ortho nitro benzene ring substituents is 1. The average molecular weight is 400 g/mol. The zero-order valence-corrected chi connectivity index (χ0v) is 15.6.